The molecule has 0 aliphatic carbocycles. The molecule has 2 atom stereocenters. The van der Waals surface area contributed by atoms with Crippen LogP contribution in [0.1, 0.15) is 34.5 Å². The standard InChI is InChI=1S/C24H24ClNO5S/c1-16(26-15-23(27)19-3-2-4-20(25)14-19)13-17-5-9-21(10-6-17)32(30,31)22-11-7-18(8-12-22)24(28)29/h2-12,14,16,23,26-27H,13,15H2,1H3,(H,28,29)/t16-,23-/m0/s1. The van der Waals surface area contributed by atoms with Crippen molar-refractivity contribution in [2.75, 3.05) is 6.54 Å². The van der Waals surface area contributed by atoms with E-state index in [0.29, 0.717) is 18.0 Å². The third kappa shape index (κ3) is 5.95. The molecule has 168 valence electrons. The van der Waals surface area contributed by atoms with E-state index in [1.807, 2.05) is 13.0 Å². The van der Waals surface area contributed by atoms with Crippen molar-refractivity contribution in [2.45, 2.75) is 35.3 Å². The number of hydrogen-bond donors (Lipinski definition) is 3. The molecule has 0 fully saturated rings. The summed E-state index contributed by atoms with van der Waals surface area (Å²) < 4.78 is 25.6. The zero-order valence-electron chi connectivity index (χ0n) is 17.4. The molecule has 8 heteroatoms. The number of nitrogens with one attached hydrogen (secondary N) is 1. The van der Waals surface area contributed by atoms with E-state index in [2.05, 4.69) is 5.32 Å². The van der Waals surface area contributed by atoms with Gasteiger partial charge in [0.05, 0.1) is 21.5 Å². The Hall–Kier alpha value is -2.71. The van der Waals surface area contributed by atoms with E-state index < -0.39 is 21.9 Å². The minimum Gasteiger partial charge on any atom is -0.478 e. The Morgan fingerprint density at radius 1 is 1.00 bits per heavy atom. The summed E-state index contributed by atoms with van der Waals surface area (Å²) in [5.41, 5.74) is 1.71. The average Bonchev–Trinajstić information content (AvgIpc) is 2.78. The van der Waals surface area contributed by atoms with E-state index in [-0.39, 0.29) is 21.4 Å². The van der Waals surface area contributed by atoms with Crippen LogP contribution < -0.4 is 5.32 Å². The molecule has 0 heterocycles. The Morgan fingerprint density at radius 3 is 2.16 bits per heavy atom. The van der Waals surface area contributed by atoms with Gasteiger partial charge in [0, 0.05) is 17.6 Å². The number of halogens is 1. The van der Waals surface area contributed by atoms with Crippen LogP contribution in [-0.4, -0.2) is 37.2 Å². The molecule has 3 N–H and O–H groups in total. The normalized spacial score (nSPS) is 13.5. The molecule has 3 aromatic rings. The van der Waals surface area contributed by atoms with Gasteiger partial charge >= 0.3 is 5.97 Å². The average molecular weight is 474 g/mol. The van der Waals surface area contributed by atoms with Crippen LogP contribution >= 0.6 is 11.6 Å². The van der Waals surface area contributed by atoms with Gasteiger partial charge in [0.1, 0.15) is 0 Å². The number of aliphatic hydroxyl groups excluding tert-OH is 1. The number of rotatable bonds is 9. The summed E-state index contributed by atoms with van der Waals surface area (Å²) in [7, 11) is -3.73. The summed E-state index contributed by atoms with van der Waals surface area (Å²) in [4.78, 5) is 11.1. The number of carbonyl (C=O) groups is 1. The first kappa shape index (κ1) is 23.9. The Bertz CT molecular complexity index is 1180. The monoisotopic (exact) mass is 473 g/mol. The Morgan fingerprint density at radius 2 is 1.59 bits per heavy atom. The molecule has 0 aromatic heterocycles. The fraction of sp³-hybridized carbons (Fsp3) is 0.208. The fourth-order valence-corrected chi connectivity index (χ4v) is 4.75. The number of carboxylic acids is 1. The van der Waals surface area contributed by atoms with Gasteiger partial charge in [-0.1, -0.05) is 35.9 Å². The molecule has 0 spiro atoms. The quantitative estimate of drug-likeness (QED) is 0.432. The second-order valence-corrected chi connectivity index (χ2v) is 9.95. The highest BCUT2D eigenvalue weighted by atomic mass is 35.5. The predicted octanol–water partition coefficient (Wildman–Crippen LogP) is 4.13. The lowest BCUT2D eigenvalue weighted by Crippen LogP contribution is -2.32. The van der Waals surface area contributed by atoms with Crippen molar-refractivity contribution in [3.05, 3.63) is 94.5 Å². The highest BCUT2D eigenvalue weighted by Crippen LogP contribution is 2.22. The lowest BCUT2D eigenvalue weighted by atomic mass is 10.1. The van der Waals surface area contributed by atoms with Crippen molar-refractivity contribution in [3.8, 4) is 0 Å². The molecular formula is C24H24ClNO5S. The van der Waals surface area contributed by atoms with Gasteiger partial charge in [-0.25, -0.2) is 13.2 Å². The van der Waals surface area contributed by atoms with Gasteiger partial charge < -0.3 is 15.5 Å². The van der Waals surface area contributed by atoms with Crippen LogP contribution in [0.5, 0.6) is 0 Å². The van der Waals surface area contributed by atoms with E-state index in [1.165, 1.54) is 24.3 Å². The van der Waals surface area contributed by atoms with Gasteiger partial charge in [-0.3, -0.25) is 0 Å². The molecule has 6 nitrogen and oxygen atoms in total. The van der Waals surface area contributed by atoms with Gasteiger partial charge in [0.25, 0.3) is 0 Å². The van der Waals surface area contributed by atoms with Gasteiger partial charge in [0.15, 0.2) is 0 Å². The maximum absolute atomic E-state index is 12.8. The van der Waals surface area contributed by atoms with E-state index in [4.69, 9.17) is 16.7 Å². The van der Waals surface area contributed by atoms with E-state index in [1.54, 1.807) is 42.5 Å². The Balaban J connectivity index is 1.60. The van der Waals surface area contributed by atoms with E-state index in [9.17, 15) is 18.3 Å². The minimum absolute atomic E-state index is 0.0289. The van der Waals surface area contributed by atoms with Crippen LogP contribution in [0.3, 0.4) is 0 Å². The van der Waals surface area contributed by atoms with Crippen LogP contribution in [0.15, 0.2) is 82.6 Å². The maximum atomic E-state index is 12.8. The SMILES string of the molecule is C[C@@H](Cc1ccc(S(=O)(=O)c2ccc(C(=O)O)cc2)cc1)NC[C@H](O)c1cccc(Cl)c1. The van der Waals surface area contributed by atoms with Crippen molar-refractivity contribution in [2.24, 2.45) is 0 Å². The summed E-state index contributed by atoms with van der Waals surface area (Å²) in [5, 5.41) is 23.1. The summed E-state index contributed by atoms with van der Waals surface area (Å²) in [6.07, 6.45) is -0.0354. The van der Waals surface area contributed by atoms with Crippen LogP contribution in [0.4, 0.5) is 0 Å². The lowest BCUT2D eigenvalue weighted by Gasteiger charge is -2.18. The number of carboxylic acid groups (broad SMARTS) is 1. The van der Waals surface area contributed by atoms with Crippen molar-refractivity contribution in [1.82, 2.24) is 5.32 Å². The largest absolute Gasteiger partial charge is 0.478 e. The van der Waals surface area contributed by atoms with Crippen LogP contribution in [0.25, 0.3) is 0 Å². The summed E-state index contributed by atoms with van der Waals surface area (Å²) in [6, 6.07) is 18.9. The van der Waals surface area contributed by atoms with Crippen molar-refractivity contribution in [1.29, 1.82) is 0 Å². The first-order valence-corrected chi connectivity index (χ1v) is 11.9. The van der Waals surface area contributed by atoms with Crippen LogP contribution in [-0.2, 0) is 16.3 Å². The molecule has 3 rings (SSSR count). The topological polar surface area (TPSA) is 104 Å². The zero-order valence-corrected chi connectivity index (χ0v) is 19.0. The predicted molar refractivity (Wildman–Crippen MR) is 123 cm³/mol. The first-order chi connectivity index (χ1) is 15.2. The van der Waals surface area contributed by atoms with Crippen LogP contribution in [0, 0.1) is 0 Å². The molecule has 0 aliphatic rings. The third-order valence-corrected chi connectivity index (χ3v) is 7.10. The lowest BCUT2D eigenvalue weighted by molar-refractivity contribution is 0.0696. The number of hydrogen-bond acceptors (Lipinski definition) is 5. The number of benzene rings is 3. The maximum Gasteiger partial charge on any atom is 0.335 e. The second kappa shape index (κ2) is 10.3. The number of aromatic carboxylic acids is 1. The van der Waals surface area contributed by atoms with Gasteiger partial charge in [0.2, 0.25) is 9.84 Å². The fourth-order valence-electron chi connectivity index (χ4n) is 3.29. The Labute approximate surface area is 192 Å². The smallest absolute Gasteiger partial charge is 0.335 e. The molecule has 0 bridgehead atoms. The molecule has 0 amide bonds. The summed E-state index contributed by atoms with van der Waals surface area (Å²) in [5.74, 6) is -1.11. The molecular weight excluding hydrogens is 450 g/mol. The molecule has 0 saturated carbocycles. The molecule has 0 saturated heterocycles. The molecule has 3 aromatic carbocycles. The highest BCUT2D eigenvalue weighted by Gasteiger charge is 2.18. The highest BCUT2D eigenvalue weighted by molar-refractivity contribution is 7.91. The van der Waals surface area contributed by atoms with Gasteiger partial charge in [-0.2, -0.15) is 0 Å². The molecule has 0 radical (unpaired) electrons. The summed E-state index contributed by atoms with van der Waals surface area (Å²) in [6.45, 7) is 2.35. The van der Waals surface area contributed by atoms with Crippen LogP contribution in [0.2, 0.25) is 5.02 Å². The van der Waals surface area contributed by atoms with E-state index in [0.717, 1.165) is 11.1 Å². The van der Waals surface area contributed by atoms with Crippen molar-refractivity contribution in [3.63, 3.8) is 0 Å². The zero-order chi connectivity index (χ0) is 23.3. The van der Waals surface area contributed by atoms with Crippen molar-refractivity contribution >= 4 is 27.4 Å². The number of aliphatic hydroxyl groups is 1. The molecule has 0 aliphatic heterocycles. The summed E-state index contributed by atoms with van der Waals surface area (Å²) >= 11 is 5.96. The second-order valence-electron chi connectivity index (χ2n) is 7.56. The van der Waals surface area contributed by atoms with Crippen molar-refractivity contribution < 1.29 is 23.4 Å². The third-order valence-electron chi connectivity index (χ3n) is 5.08. The molecule has 32 heavy (non-hydrogen) atoms. The number of sulfone groups is 1. The minimum atomic E-state index is -3.73. The van der Waals surface area contributed by atoms with Gasteiger partial charge in [-0.05, 0) is 73.0 Å². The first-order valence-electron chi connectivity index (χ1n) is 10.0. The molecule has 0 unspecified atom stereocenters. The van der Waals surface area contributed by atoms with Gasteiger partial charge in [-0.15, -0.1) is 0 Å². The van der Waals surface area contributed by atoms with E-state index >= 15 is 0 Å². The Kier molecular flexibility index (Phi) is 7.69.